The van der Waals surface area contributed by atoms with Crippen LogP contribution in [0, 0.1) is 42.2 Å². The first kappa shape index (κ1) is 22.6. The normalized spacial score (nSPS) is 26.9. The number of fused-ring (bicyclic) bond motifs is 1. The second kappa shape index (κ2) is 10.8. The largest absolute Gasteiger partial charge is 0.491 e. The van der Waals surface area contributed by atoms with Crippen LogP contribution in [0.25, 0.3) is 0 Å². The summed E-state index contributed by atoms with van der Waals surface area (Å²) in [5.74, 6) is 1.95. The number of rotatable bonds is 9. The van der Waals surface area contributed by atoms with Gasteiger partial charge in [0.05, 0.1) is 6.61 Å². The first-order valence-electron chi connectivity index (χ1n) is 12.1. The molecule has 29 heavy (non-hydrogen) atoms. The van der Waals surface area contributed by atoms with Crippen LogP contribution >= 0.6 is 0 Å². The second-order valence-corrected chi connectivity index (χ2v) is 9.64. The summed E-state index contributed by atoms with van der Waals surface area (Å²) in [6.07, 6.45) is 15.3. The van der Waals surface area contributed by atoms with E-state index in [9.17, 15) is 8.78 Å². The van der Waals surface area contributed by atoms with Gasteiger partial charge in [-0.25, -0.2) is 4.39 Å². The number of benzene rings is 1. The minimum atomic E-state index is -0.822. The van der Waals surface area contributed by atoms with Crippen molar-refractivity contribution in [1.29, 1.82) is 0 Å². The highest BCUT2D eigenvalue weighted by Gasteiger charge is 2.35. The highest BCUT2D eigenvalue weighted by atomic mass is 19.2. The lowest BCUT2D eigenvalue weighted by atomic mass is 9.63. The fourth-order valence-electron chi connectivity index (χ4n) is 5.97. The molecule has 3 heteroatoms. The summed E-state index contributed by atoms with van der Waals surface area (Å²) in [5.41, 5.74) is 1.36. The van der Waals surface area contributed by atoms with E-state index in [2.05, 4.69) is 6.92 Å². The van der Waals surface area contributed by atoms with Crippen LogP contribution in [0.1, 0.15) is 95.6 Å². The van der Waals surface area contributed by atoms with Crippen LogP contribution in [-0.2, 0) is 6.42 Å². The molecule has 0 N–H and O–H groups in total. The van der Waals surface area contributed by atoms with Crippen molar-refractivity contribution in [3.05, 3.63) is 28.8 Å². The molecule has 0 heterocycles. The van der Waals surface area contributed by atoms with E-state index in [1.807, 2.05) is 6.92 Å². The average Bonchev–Trinajstić information content (AvgIpc) is 2.72. The minimum absolute atomic E-state index is 0.0439. The van der Waals surface area contributed by atoms with Crippen molar-refractivity contribution < 1.29 is 13.5 Å². The van der Waals surface area contributed by atoms with E-state index in [-0.39, 0.29) is 5.75 Å². The third kappa shape index (κ3) is 5.73. The molecule has 2 saturated carbocycles. The third-order valence-corrected chi connectivity index (χ3v) is 7.65. The monoisotopic (exact) mass is 406 g/mol. The molecule has 0 amide bonds. The Hall–Kier alpha value is -1.12. The fraction of sp³-hybridized carbons (Fsp3) is 0.769. The van der Waals surface area contributed by atoms with Gasteiger partial charge in [0, 0.05) is 0 Å². The lowest BCUT2D eigenvalue weighted by molar-refractivity contribution is 0.0914. The number of ether oxygens (including phenoxy) is 1. The van der Waals surface area contributed by atoms with E-state index < -0.39 is 11.6 Å². The summed E-state index contributed by atoms with van der Waals surface area (Å²) in [5, 5.41) is 0. The first-order valence-corrected chi connectivity index (χ1v) is 12.1. The van der Waals surface area contributed by atoms with Gasteiger partial charge in [0.2, 0.25) is 5.82 Å². The quantitative estimate of drug-likeness (QED) is 0.377. The van der Waals surface area contributed by atoms with Gasteiger partial charge < -0.3 is 4.74 Å². The van der Waals surface area contributed by atoms with Gasteiger partial charge in [-0.05, 0) is 93.2 Å². The van der Waals surface area contributed by atoms with Crippen LogP contribution in [-0.4, -0.2) is 6.61 Å². The second-order valence-electron chi connectivity index (χ2n) is 9.64. The molecule has 0 spiro atoms. The van der Waals surface area contributed by atoms with Gasteiger partial charge >= 0.3 is 0 Å². The molecular weight excluding hydrogens is 366 g/mol. The molecule has 0 bridgehead atoms. The molecule has 164 valence electrons. The van der Waals surface area contributed by atoms with E-state index >= 15 is 0 Å². The molecule has 2 aliphatic rings. The zero-order valence-corrected chi connectivity index (χ0v) is 18.7. The Morgan fingerprint density at radius 1 is 0.897 bits per heavy atom. The van der Waals surface area contributed by atoms with Gasteiger partial charge in [0.25, 0.3) is 0 Å². The molecule has 1 nitrogen and oxygen atoms in total. The van der Waals surface area contributed by atoms with Crippen LogP contribution < -0.4 is 4.74 Å². The lowest BCUT2D eigenvalue weighted by Gasteiger charge is -2.42. The Labute approximate surface area is 176 Å². The Balaban J connectivity index is 1.51. The highest BCUT2D eigenvalue weighted by Crippen LogP contribution is 2.46. The van der Waals surface area contributed by atoms with Gasteiger partial charge in [-0.1, -0.05) is 45.4 Å². The predicted molar refractivity (Wildman–Crippen MR) is 116 cm³/mol. The molecule has 0 aliphatic heterocycles. The number of halogens is 2. The Bertz CT molecular complexity index is 657. The molecule has 2 aliphatic carbocycles. The van der Waals surface area contributed by atoms with Crippen molar-refractivity contribution in [3.8, 4) is 5.75 Å². The maximum atomic E-state index is 14.6. The van der Waals surface area contributed by atoms with Crippen LogP contribution in [0.15, 0.2) is 6.07 Å². The molecule has 1 aromatic rings. The van der Waals surface area contributed by atoms with E-state index in [4.69, 9.17) is 4.74 Å². The Kier molecular flexibility index (Phi) is 8.38. The molecule has 4 unspecified atom stereocenters. The number of hydrogen-bond acceptors (Lipinski definition) is 1. The summed E-state index contributed by atoms with van der Waals surface area (Å²) in [6, 6.07) is 1.66. The number of aryl methyl sites for hydroxylation is 1. The fourth-order valence-corrected chi connectivity index (χ4v) is 5.97. The van der Waals surface area contributed by atoms with Crippen molar-refractivity contribution in [1.82, 2.24) is 0 Å². The summed E-state index contributed by atoms with van der Waals surface area (Å²) in [7, 11) is 0. The van der Waals surface area contributed by atoms with E-state index in [0.29, 0.717) is 24.5 Å². The van der Waals surface area contributed by atoms with Gasteiger partial charge in [-0.15, -0.1) is 0 Å². The smallest absolute Gasteiger partial charge is 0.200 e. The van der Waals surface area contributed by atoms with Crippen molar-refractivity contribution >= 4 is 0 Å². The van der Waals surface area contributed by atoms with Gasteiger partial charge in [-0.2, -0.15) is 4.39 Å². The highest BCUT2D eigenvalue weighted by molar-refractivity contribution is 5.38. The molecule has 0 aromatic heterocycles. The van der Waals surface area contributed by atoms with Crippen LogP contribution in [0.3, 0.4) is 0 Å². The van der Waals surface area contributed by atoms with Crippen molar-refractivity contribution in [2.45, 2.75) is 97.8 Å². The zero-order chi connectivity index (χ0) is 20.8. The third-order valence-electron chi connectivity index (χ3n) is 7.65. The minimum Gasteiger partial charge on any atom is -0.491 e. The maximum Gasteiger partial charge on any atom is 0.200 e. The van der Waals surface area contributed by atoms with Gasteiger partial charge in [-0.3, -0.25) is 0 Å². The van der Waals surface area contributed by atoms with Crippen LogP contribution in [0.2, 0.25) is 0 Å². The standard InChI is InChI=1S/C26H40F2O/c1-4-6-7-8-19-9-12-22-17-20(10-13-21(22)16-19)11-14-23-18(3)15-24(29-5-2)26(28)25(23)27/h15,19-22H,4-14,16-17H2,1-3H3. The maximum absolute atomic E-state index is 14.6. The topological polar surface area (TPSA) is 9.23 Å². The van der Waals surface area contributed by atoms with Crippen molar-refractivity contribution in [2.75, 3.05) is 6.61 Å². The molecule has 0 saturated heterocycles. The van der Waals surface area contributed by atoms with Crippen LogP contribution in [0.5, 0.6) is 5.75 Å². The molecular formula is C26H40F2O. The van der Waals surface area contributed by atoms with Crippen molar-refractivity contribution in [2.24, 2.45) is 23.7 Å². The average molecular weight is 407 g/mol. The zero-order valence-electron chi connectivity index (χ0n) is 18.7. The number of hydrogen-bond donors (Lipinski definition) is 0. The molecule has 2 fully saturated rings. The Morgan fingerprint density at radius 2 is 1.55 bits per heavy atom. The SMILES string of the molecule is CCCCCC1CCC2CC(CCc3c(C)cc(OCC)c(F)c3F)CCC2C1. The summed E-state index contributed by atoms with van der Waals surface area (Å²) < 4.78 is 34.1. The predicted octanol–water partition coefficient (Wildman–Crippen LogP) is 8.02. The lowest BCUT2D eigenvalue weighted by Crippen LogP contribution is -2.31. The number of unbranched alkanes of at least 4 members (excludes halogenated alkanes) is 2. The van der Waals surface area contributed by atoms with Crippen LogP contribution in [0.4, 0.5) is 8.78 Å². The summed E-state index contributed by atoms with van der Waals surface area (Å²) in [6.45, 7) is 6.29. The molecule has 3 rings (SSSR count). The van der Waals surface area contributed by atoms with Gasteiger partial charge in [0.15, 0.2) is 11.6 Å². The van der Waals surface area contributed by atoms with Gasteiger partial charge in [0.1, 0.15) is 0 Å². The first-order chi connectivity index (χ1) is 14.0. The molecule has 0 radical (unpaired) electrons. The Morgan fingerprint density at radius 3 is 2.17 bits per heavy atom. The molecule has 4 atom stereocenters. The van der Waals surface area contributed by atoms with Crippen molar-refractivity contribution in [3.63, 3.8) is 0 Å². The summed E-state index contributed by atoms with van der Waals surface area (Å²) in [4.78, 5) is 0. The molecule has 1 aromatic carbocycles. The summed E-state index contributed by atoms with van der Waals surface area (Å²) >= 11 is 0. The van der Waals surface area contributed by atoms with E-state index in [1.54, 1.807) is 13.0 Å². The van der Waals surface area contributed by atoms with E-state index in [0.717, 1.165) is 29.7 Å². The van der Waals surface area contributed by atoms with E-state index in [1.165, 1.54) is 64.2 Å².